The molecule has 18 heavy (non-hydrogen) atoms. The molecule has 0 unspecified atom stereocenters. The van der Waals surface area contributed by atoms with Crippen LogP contribution in [0.15, 0.2) is 53.0 Å². The summed E-state index contributed by atoms with van der Waals surface area (Å²) >= 11 is 3.44. The fourth-order valence-electron chi connectivity index (χ4n) is 1.90. The summed E-state index contributed by atoms with van der Waals surface area (Å²) in [4.78, 5) is 2.19. The number of benzene rings is 2. The lowest BCUT2D eigenvalue weighted by atomic mass is 10.1. The third-order valence-electron chi connectivity index (χ3n) is 3.00. The van der Waals surface area contributed by atoms with Crippen molar-refractivity contribution in [2.45, 2.75) is 6.42 Å². The minimum Gasteiger partial charge on any atom is -0.397 e. The van der Waals surface area contributed by atoms with Gasteiger partial charge in [0.15, 0.2) is 0 Å². The van der Waals surface area contributed by atoms with Crippen LogP contribution in [0.3, 0.4) is 0 Å². The molecular weight excluding hydrogens is 288 g/mol. The van der Waals surface area contributed by atoms with Gasteiger partial charge in [-0.3, -0.25) is 0 Å². The number of para-hydroxylation sites is 2. The molecule has 0 fully saturated rings. The second kappa shape index (κ2) is 5.91. The quantitative estimate of drug-likeness (QED) is 0.873. The van der Waals surface area contributed by atoms with Crippen molar-refractivity contribution < 1.29 is 0 Å². The highest BCUT2D eigenvalue weighted by Crippen LogP contribution is 2.21. The first-order valence-corrected chi connectivity index (χ1v) is 6.76. The molecule has 0 aromatic heterocycles. The lowest BCUT2D eigenvalue weighted by Gasteiger charge is -2.21. The molecule has 0 atom stereocenters. The maximum atomic E-state index is 5.96. The van der Waals surface area contributed by atoms with Gasteiger partial charge in [-0.05, 0) is 36.2 Å². The van der Waals surface area contributed by atoms with Crippen LogP contribution in [0.4, 0.5) is 11.4 Å². The molecule has 2 N–H and O–H groups in total. The zero-order valence-corrected chi connectivity index (χ0v) is 12.0. The summed E-state index contributed by atoms with van der Waals surface area (Å²) in [6.45, 7) is 0.954. The van der Waals surface area contributed by atoms with Crippen molar-refractivity contribution >= 4 is 27.3 Å². The monoisotopic (exact) mass is 304 g/mol. The summed E-state index contributed by atoms with van der Waals surface area (Å²) in [5, 5.41) is 0. The Kier molecular flexibility index (Phi) is 4.26. The van der Waals surface area contributed by atoms with E-state index in [4.69, 9.17) is 5.73 Å². The van der Waals surface area contributed by atoms with E-state index >= 15 is 0 Å². The summed E-state index contributed by atoms with van der Waals surface area (Å²) in [6, 6.07) is 16.4. The molecule has 2 nitrogen and oxygen atoms in total. The van der Waals surface area contributed by atoms with Crippen LogP contribution in [-0.2, 0) is 6.42 Å². The maximum Gasteiger partial charge on any atom is 0.0597 e. The number of likely N-dealkylation sites (N-methyl/N-ethyl adjacent to an activating group) is 1. The van der Waals surface area contributed by atoms with E-state index in [1.54, 1.807) is 0 Å². The van der Waals surface area contributed by atoms with Gasteiger partial charge in [0.1, 0.15) is 0 Å². The van der Waals surface area contributed by atoms with Crippen molar-refractivity contribution in [1.82, 2.24) is 0 Å². The molecule has 2 aromatic rings. The fraction of sp³-hybridized carbons (Fsp3) is 0.200. The molecule has 0 amide bonds. The summed E-state index contributed by atoms with van der Waals surface area (Å²) < 4.78 is 1.12. The third kappa shape index (κ3) is 3.26. The first-order valence-electron chi connectivity index (χ1n) is 5.97. The summed E-state index contributed by atoms with van der Waals surface area (Å²) in [6.07, 6.45) is 1.01. The van der Waals surface area contributed by atoms with Crippen molar-refractivity contribution in [3.8, 4) is 0 Å². The molecule has 0 heterocycles. The minimum absolute atomic E-state index is 0.829. The fourth-order valence-corrected chi connectivity index (χ4v) is 2.17. The molecule has 0 aliphatic heterocycles. The van der Waals surface area contributed by atoms with Gasteiger partial charge in [-0.2, -0.15) is 0 Å². The minimum atomic E-state index is 0.829. The molecule has 3 heteroatoms. The Morgan fingerprint density at radius 3 is 2.39 bits per heavy atom. The second-order valence-corrected chi connectivity index (χ2v) is 5.27. The van der Waals surface area contributed by atoms with E-state index in [1.807, 2.05) is 18.2 Å². The molecule has 0 bridgehead atoms. The van der Waals surface area contributed by atoms with Crippen LogP contribution < -0.4 is 10.6 Å². The van der Waals surface area contributed by atoms with Crippen molar-refractivity contribution in [2.24, 2.45) is 0 Å². The van der Waals surface area contributed by atoms with Crippen LogP contribution in [-0.4, -0.2) is 13.6 Å². The third-order valence-corrected chi connectivity index (χ3v) is 3.53. The van der Waals surface area contributed by atoms with Crippen molar-refractivity contribution in [3.63, 3.8) is 0 Å². The molecule has 2 aromatic carbocycles. The highest BCUT2D eigenvalue weighted by Gasteiger charge is 2.04. The lowest BCUT2D eigenvalue weighted by molar-refractivity contribution is 0.878. The zero-order chi connectivity index (χ0) is 13.0. The van der Waals surface area contributed by atoms with Crippen LogP contribution >= 0.6 is 15.9 Å². The van der Waals surface area contributed by atoms with Crippen LogP contribution in [0.1, 0.15) is 5.56 Å². The molecule has 2 rings (SSSR count). The van der Waals surface area contributed by atoms with Gasteiger partial charge in [-0.1, -0.05) is 40.2 Å². The van der Waals surface area contributed by atoms with Gasteiger partial charge in [0.25, 0.3) is 0 Å². The van der Waals surface area contributed by atoms with E-state index in [1.165, 1.54) is 5.56 Å². The van der Waals surface area contributed by atoms with E-state index in [2.05, 4.69) is 58.2 Å². The molecule has 0 aliphatic rings. The van der Waals surface area contributed by atoms with E-state index < -0.39 is 0 Å². The van der Waals surface area contributed by atoms with Gasteiger partial charge >= 0.3 is 0 Å². The molecule has 0 radical (unpaired) electrons. The van der Waals surface area contributed by atoms with Gasteiger partial charge in [-0.15, -0.1) is 0 Å². The largest absolute Gasteiger partial charge is 0.397 e. The number of halogens is 1. The lowest BCUT2D eigenvalue weighted by Crippen LogP contribution is -2.21. The molecular formula is C15H17BrN2. The molecule has 0 aliphatic carbocycles. The SMILES string of the molecule is CN(CCc1ccc(Br)cc1)c1ccccc1N. The Morgan fingerprint density at radius 2 is 1.72 bits per heavy atom. The zero-order valence-electron chi connectivity index (χ0n) is 10.4. The first kappa shape index (κ1) is 13.0. The average Bonchev–Trinajstić information content (AvgIpc) is 2.38. The Hall–Kier alpha value is -1.48. The average molecular weight is 305 g/mol. The second-order valence-electron chi connectivity index (χ2n) is 4.36. The highest BCUT2D eigenvalue weighted by molar-refractivity contribution is 9.10. The van der Waals surface area contributed by atoms with E-state index in [9.17, 15) is 0 Å². The number of nitrogens with zero attached hydrogens (tertiary/aromatic N) is 1. The van der Waals surface area contributed by atoms with Crippen LogP contribution in [0.2, 0.25) is 0 Å². The Balaban J connectivity index is 1.98. The number of rotatable bonds is 4. The van der Waals surface area contributed by atoms with Gasteiger partial charge in [-0.25, -0.2) is 0 Å². The number of anilines is 2. The number of nitrogen functional groups attached to an aromatic ring is 1. The number of nitrogens with two attached hydrogens (primary N) is 1. The van der Waals surface area contributed by atoms with Crippen molar-refractivity contribution in [2.75, 3.05) is 24.2 Å². The maximum absolute atomic E-state index is 5.96. The normalized spacial score (nSPS) is 10.3. The van der Waals surface area contributed by atoms with Gasteiger partial charge in [0, 0.05) is 18.1 Å². The van der Waals surface area contributed by atoms with E-state index in [0.717, 1.165) is 28.8 Å². The molecule has 0 spiro atoms. The summed E-state index contributed by atoms with van der Waals surface area (Å²) in [5.41, 5.74) is 9.22. The highest BCUT2D eigenvalue weighted by atomic mass is 79.9. The van der Waals surface area contributed by atoms with Crippen LogP contribution in [0.5, 0.6) is 0 Å². The van der Waals surface area contributed by atoms with E-state index in [-0.39, 0.29) is 0 Å². The Bertz CT molecular complexity index is 508. The summed E-state index contributed by atoms with van der Waals surface area (Å²) in [7, 11) is 2.07. The molecule has 0 saturated heterocycles. The Morgan fingerprint density at radius 1 is 1.06 bits per heavy atom. The van der Waals surface area contributed by atoms with Crippen LogP contribution in [0, 0.1) is 0 Å². The topological polar surface area (TPSA) is 29.3 Å². The smallest absolute Gasteiger partial charge is 0.0597 e. The van der Waals surface area contributed by atoms with Crippen LogP contribution in [0.25, 0.3) is 0 Å². The van der Waals surface area contributed by atoms with Gasteiger partial charge in [0.2, 0.25) is 0 Å². The standard InChI is InChI=1S/C15H17BrN2/c1-18(15-5-3-2-4-14(15)17)11-10-12-6-8-13(16)9-7-12/h2-9H,10-11,17H2,1H3. The predicted octanol–water partition coefficient (Wildman–Crippen LogP) is 3.71. The van der Waals surface area contributed by atoms with Crippen molar-refractivity contribution in [3.05, 3.63) is 58.6 Å². The number of hydrogen-bond donors (Lipinski definition) is 1. The molecule has 0 saturated carbocycles. The van der Waals surface area contributed by atoms with E-state index in [0.29, 0.717) is 0 Å². The Labute approximate surface area is 117 Å². The predicted molar refractivity (Wildman–Crippen MR) is 82.0 cm³/mol. The van der Waals surface area contributed by atoms with Gasteiger partial charge in [0.05, 0.1) is 11.4 Å². The number of hydrogen-bond acceptors (Lipinski definition) is 2. The first-order chi connectivity index (χ1) is 8.66. The van der Waals surface area contributed by atoms with Crippen molar-refractivity contribution in [1.29, 1.82) is 0 Å². The van der Waals surface area contributed by atoms with Gasteiger partial charge < -0.3 is 10.6 Å². The molecule has 94 valence electrons. The summed E-state index contributed by atoms with van der Waals surface area (Å²) in [5.74, 6) is 0.